The van der Waals surface area contributed by atoms with Gasteiger partial charge in [0.25, 0.3) is 0 Å². The number of ketones is 1. The van der Waals surface area contributed by atoms with Crippen molar-refractivity contribution in [3.63, 3.8) is 0 Å². The van der Waals surface area contributed by atoms with Crippen molar-refractivity contribution in [2.75, 3.05) is 0 Å². The van der Waals surface area contributed by atoms with Gasteiger partial charge in [0.05, 0.1) is 0 Å². The van der Waals surface area contributed by atoms with E-state index >= 15 is 0 Å². The van der Waals surface area contributed by atoms with Crippen LogP contribution in [0.4, 0.5) is 0 Å². The number of allylic oxidation sites excluding steroid dienone is 6. The minimum absolute atomic E-state index is 0.268. The Kier molecular flexibility index (Phi) is 7.58. The number of rotatable bonds is 1. The molecule has 0 N–H and O–H groups in total. The molecule has 1 heteroatoms. The van der Waals surface area contributed by atoms with Crippen molar-refractivity contribution >= 4 is 5.78 Å². The fraction of sp³-hybridized carbons (Fsp3) is 0.632. The summed E-state index contributed by atoms with van der Waals surface area (Å²) < 4.78 is 0. The summed E-state index contributed by atoms with van der Waals surface area (Å²) in [6, 6.07) is 0. The van der Waals surface area contributed by atoms with Crippen LogP contribution in [0.15, 0.2) is 35.5 Å². The van der Waals surface area contributed by atoms with Crippen molar-refractivity contribution in [3.8, 4) is 0 Å². The number of carbonyl (C=O) groups excluding carboxylic acids is 1. The van der Waals surface area contributed by atoms with E-state index in [-0.39, 0.29) is 5.78 Å². The maximum Gasteiger partial charge on any atom is 0.155 e. The maximum atomic E-state index is 11.9. The molecule has 0 saturated heterocycles. The average molecular weight is 274 g/mol. The van der Waals surface area contributed by atoms with Gasteiger partial charge in [-0.2, -0.15) is 0 Å². The van der Waals surface area contributed by atoms with Crippen molar-refractivity contribution in [2.24, 2.45) is 11.8 Å². The molecule has 0 radical (unpaired) electrons. The van der Waals surface area contributed by atoms with Crippen LogP contribution in [0.1, 0.15) is 66.2 Å². The molecule has 0 aliphatic heterocycles. The molecule has 112 valence electrons. The molecule has 1 rings (SSSR count). The quantitative estimate of drug-likeness (QED) is 0.566. The van der Waals surface area contributed by atoms with Gasteiger partial charge in [0.2, 0.25) is 0 Å². The molecule has 20 heavy (non-hydrogen) atoms. The van der Waals surface area contributed by atoms with Crippen LogP contribution < -0.4 is 0 Å². The van der Waals surface area contributed by atoms with Gasteiger partial charge < -0.3 is 0 Å². The SMILES string of the molecule is C/C1=C\CCC(=O)/C=C\C(C(C)C)CC/C(C)=C/CC1. The van der Waals surface area contributed by atoms with Crippen molar-refractivity contribution in [3.05, 3.63) is 35.5 Å². The predicted molar refractivity (Wildman–Crippen MR) is 87.7 cm³/mol. The number of hydrogen-bond donors (Lipinski definition) is 0. The van der Waals surface area contributed by atoms with Gasteiger partial charge in [0.1, 0.15) is 0 Å². The first-order valence-corrected chi connectivity index (χ1v) is 8.01. The van der Waals surface area contributed by atoms with E-state index in [1.54, 1.807) is 0 Å². The van der Waals surface area contributed by atoms with Gasteiger partial charge in [-0.25, -0.2) is 0 Å². The lowest BCUT2D eigenvalue weighted by molar-refractivity contribution is -0.114. The highest BCUT2D eigenvalue weighted by atomic mass is 16.1. The minimum Gasteiger partial charge on any atom is -0.295 e. The average Bonchev–Trinajstić information content (AvgIpc) is 2.37. The monoisotopic (exact) mass is 274 g/mol. The molecule has 0 bridgehead atoms. The van der Waals surface area contributed by atoms with Gasteiger partial charge in [-0.15, -0.1) is 0 Å². The molecule has 0 fully saturated rings. The highest BCUT2D eigenvalue weighted by Crippen LogP contribution is 2.22. The Hall–Kier alpha value is -1.11. The van der Waals surface area contributed by atoms with Crippen molar-refractivity contribution in [1.29, 1.82) is 0 Å². The van der Waals surface area contributed by atoms with Gasteiger partial charge in [-0.05, 0) is 63.9 Å². The molecule has 1 atom stereocenters. The van der Waals surface area contributed by atoms with Crippen LogP contribution >= 0.6 is 0 Å². The minimum atomic E-state index is 0.268. The lowest BCUT2D eigenvalue weighted by Crippen LogP contribution is -2.07. The van der Waals surface area contributed by atoms with Gasteiger partial charge in [-0.1, -0.05) is 43.2 Å². The molecule has 0 saturated carbocycles. The van der Waals surface area contributed by atoms with Gasteiger partial charge in [-0.3, -0.25) is 4.79 Å². The van der Waals surface area contributed by atoms with E-state index < -0.39 is 0 Å². The second-order valence-corrected chi connectivity index (χ2v) is 6.45. The maximum absolute atomic E-state index is 11.9. The largest absolute Gasteiger partial charge is 0.295 e. The highest BCUT2D eigenvalue weighted by Gasteiger charge is 2.10. The van der Waals surface area contributed by atoms with Crippen LogP contribution in [-0.2, 0) is 4.79 Å². The number of carbonyl (C=O) groups is 1. The van der Waals surface area contributed by atoms with E-state index in [0.29, 0.717) is 18.3 Å². The van der Waals surface area contributed by atoms with E-state index in [2.05, 4.69) is 45.9 Å². The predicted octanol–water partition coefficient (Wildman–Crippen LogP) is 5.63. The third-order valence-corrected chi connectivity index (χ3v) is 4.17. The van der Waals surface area contributed by atoms with E-state index in [4.69, 9.17) is 0 Å². The summed E-state index contributed by atoms with van der Waals surface area (Å²) >= 11 is 0. The Morgan fingerprint density at radius 3 is 2.25 bits per heavy atom. The third kappa shape index (κ3) is 6.88. The molecule has 0 aromatic heterocycles. The summed E-state index contributed by atoms with van der Waals surface area (Å²) in [5, 5.41) is 0. The molecular weight excluding hydrogens is 244 g/mol. The standard InChI is InChI=1S/C19H30O/c1-15(2)18-12-11-17(4)8-5-7-16(3)9-6-10-19(20)14-13-18/h8-9,13-15,18H,5-7,10-12H2,1-4H3/b14-13-,16-9+,17-8+. The third-order valence-electron chi connectivity index (χ3n) is 4.17. The molecule has 1 aliphatic rings. The second-order valence-electron chi connectivity index (χ2n) is 6.45. The molecule has 0 heterocycles. The summed E-state index contributed by atoms with van der Waals surface area (Å²) in [7, 11) is 0. The van der Waals surface area contributed by atoms with E-state index in [0.717, 1.165) is 32.1 Å². The van der Waals surface area contributed by atoms with Crippen LogP contribution in [0.2, 0.25) is 0 Å². The topological polar surface area (TPSA) is 17.1 Å². The normalized spacial score (nSPS) is 30.1. The molecule has 0 aromatic carbocycles. The molecule has 1 nitrogen and oxygen atoms in total. The van der Waals surface area contributed by atoms with Gasteiger partial charge >= 0.3 is 0 Å². The Morgan fingerprint density at radius 2 is 1.60 bits per heavy atom. The Bertz CT molecular complexity index is 396. The first kappa shape index (κ1) is 16.9. The molecule has 0 spiro atoms. The fourth-order valence-corrected chi connectivity index (χ4v) is 2.57. The zero-order valence-corrected chi connectivity index (χ0v) is 13.6. The molecular formula is C19H30O. The summed E-state index contributed by atoms with van der Waals surface area (Å²) in [5.74, 6) is 1.38. The Morgan fingerprint density at radius 1 is 1.00 bits per heavy atom. The zero-order valence-electron chi connectivity index (χ0n) is 13.6. The van der Waals surface area contributed by atoms with Crippen LogP contribution in [0.3, 0.4) is 0 Å². The Balaban J connectivity index is 2.78. The van der Waals surface area contributed by atoms with Crippen molar-refractivity contribution in [1.82, 2.24) is 0 Å². The highest BCUT2D eigenvalue weighted by molar-refractivity contribution is 5.89. The van der Waals surface area contributed by atoms with Gasteiger partial charge in [0, 0.05) is 6.42 Å². The second kappa shape index (κ2) is 8.94. The summed E-state index contributed by atoms with van der Waals surface area (Å²) in [4.78, 5) is 11.9. The van der Waals surface area contributed by atoms with Crippen molar-refractivity contribution < 1.29 is 4.79 Å². The first-order chi connectivity index (χ1) is 9.49. The lowest BCUT2D eigenvalue weighted by Gasteiger charge is -2.17. The zero-order chi connectivity index (χ0) is 15.0. The smallest absolute Gasteiger partial charge is 0.155 e. The number of hydrogen-bond acceptors (Lipinski definition) is 1. The molecule has 1 unspecified atom stereocenters. The first-order valence-electron chi connectivity index (χ1n) is 8.01. The fourth-order valence-electron chi connectivity index (χ4n) is 2.57. The van der Waals surface area contributed by atoms with Crippen LogP contribution in [0.25, 0.3) is 0 Å². The van der Waals surface area contributed by atoms with E-state index in [1.165, 1.54) is 11.1 Å². The van der Waals surface area contributed by atoms with Crippen molar-refractivity contribution in [2.45, 2.75) is 66.2 Å². The Labute approximate surface area is 124 Å². The van der Waals surface area contributed by atoms with Crippen LogP contribution in [0.5, 0.6) is 0 Å². The van der Waals surface area contributed by atoms with Crippen LogP contribution in [-0.4, -0.2) is 5.78 Å². The summed E-state index contributed by atoms with van der Waals surface area (Å²) in [5.41, 5.74) is 2.89. The van der Waals surface area contributed by atoms with E-state index in [9.17, 15) is 4.79 Å². The molecule has 0 aromatic rings. The molecule has 1 aliphatic carbocycles. The van der Waals surface area contributed by atoms with Crippen LogP contribution in [0, 0.1) is 11.8 Å². The molecule has 0 amide bonds. The van der Waals surface area contributed by atoms with Gasteiger partial charge in [0.15, 0.2) is 5.78 Å². The lowest BCUT2D eigenvalue weighted by atomic mass is 9.88. The summed E-state index contributed by atoms with van der Waals surface area (Å²) in [6.45, 7) is 8.89. The van der Waals surface area contributed by atoms with E-state index in [1.807, 2.05) is 6.08 Å². The summed E-state index contributed by atoms with van der Waals surface area (Å²) in [6.07, 6.45) is 14.6.